The molecule has 0 aliphatic carbocycles. The highest BCUT2D eigenvalue weighted by molar-refractivity contribution is 7.89. The fourth-order valence-corrected chi connectivity index (χ4v) is 5.62. The van der Waals surface area contributed by atoms with Gasteiger partial charge in [-0.1, -0.05) is 26.0 Å². The highest BCUT2D eigenvalue weighted by Crippen LogP contribution is 2.36. The number of nitrogens with zero attached hydrogens (tertiary/aromatic N) is 3. The van der Waals surface area contributed by atoms with Gasteiger partial charge in [0.25, 0.3) is 0 Å². The second-order valence-corrected chi connectivity index (χ2v) is 10.1. The number of hydrogen-bond acceptors (Lipinski definition) is 6. The number of ether oxygens (including phenoxy) is 1. The molecule has 9 heteroatoms. The number of carbonyl (C=O) groups is 1. The van der Waals surface area contributed by atoms with Crippen LogP contribution in [0.25, 0.3) is 11.1 Å². The lowest BCUT2D eigenvalue weighted by Crippen LogP contribution is -2.50. The van der Waals surface area contributed by atoms with Crippen LogP contribution < -0.4 is 4.74 Å². The first-order valence-electron chi connectivity index (χ1n) is 10.8. The van der Waals surface area contributed by atoms with Crippen molar-refractivity contribution in [1.82, 2.24) is 14.2 Å². The molecule has 0 saturated heterocycles. The first-order chi connectivity index (χ1) is 15.2. The highest BCUT2D eigenvalue weighted by atomic mass is 32.2. The van der Waals surface area contributed by atoms with Gasteiger partial charge in [0.2, 0.25) is 15.9 Å². The molecule has 0 bridgehead atoms. The molecular formula is C23H31N3O5S. The molecule has 0 radical (unpaired) electrons. The standard InChI is InChI=1S/C23H31N3O5S/c1-5-23(28)25(4)14-21-16(2)13-26(17(3)15-27)32(29,30)22-9-8-18(11-20(22)31-21)19-7-6-10-24-12-19/h6-12,16-17,21,27H,5,13-15H2,1-4H3/t16-,17+,21+/m0/s1. The number of pyridine rings is 1. The summed E-state index contributed by atoms with van der Waals surface area (Å²) < 4.78 is 34.6. The molecule has 0 fully saturated rings. The Morgan fingerprint density at radius 2 is 2.09 bits per heavy atom. The van der Waals surface area contributed by atoms with E-state index < -0.39 is 22.2 Å². The molecule has 32 heavy (non-hydrogen) atoms. The topological polar surface area (TPSA) is 100 Å². The smallest absolute Gasteiger partial charge is 0.247 e. The van der Waals surface area contributed by atoms with E-state index in [0.717, 1.165) is 11.1 Å². The van der Waals surface area contributed by atoms with Crippen LogP contribution in [0, 0.1) is 5.92 Å². The lowest BCUT2D eigenvalue weighted by atomic mass is 10.0. The third kappa shape index (κ3) is 4.95. The maximum absolute atomic E-state index is 13.5. The van der Waals surface area contributed by atoms with E-state index in [-0.39, 0.29) is 35.6 Å². The van der Waals surface area contributed by atoms with Gasteiger partial charge in [-0.15, -0.1) is 0 Å². The van der Waals surface area contributed by atoms with Crippen molar-refractivity contribution >= 4 is 15.9 Å². The molecule has 3 rings (SSSR count). The van der Waals surface area contributed by atoms with Crippen molar-refractivity contribution in [2.75, 3.05) is 26.7 Å². The summed E-state index contributed by atoms with van der Waals surface area (Å²) in [6, 6.07) is 8.08. The number of aliphatic hydroxyl groups is 1. The average molecular weight is 462 g/mol. The minimum atomic E-state index is -3.91. The van der Waals surface area contributed by atoms with Crippen molar-refractivity contribution < 1.29 is 23.1 Å². The van der Waals surface area contributed by atoms with E-state index >= 15 is 0 Å². The van der Waals surface area contributed by atoms with E-state index in [0.29, 0.717) is 13.0 Å². The number of carbonyl (C=O) groups excluding carboxylic acids is 1. The molecule has 1 aliphatic rings. The summed E-state index contributed by atoms with van der Waals surface area (Å²) in [7, 11) is -2.19. The Balaban J connectivity index is 2.11. The zero-order valence-electron chi connectivity index (χ0n) is 18.9. The summed E-state index contributed by atoms with van der Waals surface area (Å²) in [6.07, 6.45) is 3.32. The molecule has 3 atom stereocenters. The van der Waals surface area contributed by atoms with Crippen LogP contribution in [-0.4, -0.2) is 72.5 Å². The first kappa shape index (κ1) is 24.2. The van der Waals surface area contributed by atoms with E-state index in [2.05, 4.69) is 4.98 Å². The third-order valence-corrected chi connectivity index (χ3v) is 7.86. The Bertz CT molecular complexity index is 1040. The molecule has 8 nitrogen and oxygen atoms in total. The zero-order chi connectivity index (χ0) is 23.5. The van der Waals surface area contributed by atoms with Crippen LogP contribution in [-0.2, 0) is 14.8 Å². The van der Waals surface area contributed by atoms with Crippen molar-refractivity contribution in [1.29, 1.82) is 0 Å². The number of amides is 1. The van der Waals surface area contributed by atoms with Crippen LogP contribution in [0.1, 0.15) is 27.2 Å². The minimum Gasteiger partial charge on any atom is -0.487 e. The monoisotopic (exact) mass is 461 g/mol. The number of rotatable bonds is 6. The molecule has 1 aromatic carbocycles. The number of benzene rings is 1. The molecule has 0 unspecified atom stereocenters. The number of hydrogen-bond donors (Lipinski definition) is 1. The highest BCUT2D eigenvalue weighted by Gasteiger charge is 2.38. The van der Waals surface area contributed by atoms with E-state index in [1.807, 2.05) is 19.1 Å². The van der Waals surface area contributed by atoms with Crippen LogP contribution in [0.15, 0.2) is 47.6 Å². The second kappa shape index (κ2) is 9.97. The lowest BCUT2D eigenvalue weighted by molar-refractivity contribution is -0.131. The van der Waals surface area contributed by atoms with Crippen molar-refractivity contribution in [3.63, 3.8) is 0 Å². The van der Waals surface area contributed by atoms with Crippen LogP contribution in [0.5, 0.6) is 5.75 Å². The fraction of sp³-hybridized carbons (Fsp3) is 0.478. The Morgan fingerprint density at radius 3 is 2.72 bits per heavy atom. The SMILES string of the molecule is CCC(=O)N(C)C[C@H]1Oc2cc(-c3cccnc3)ccc2S(=O)(=O)N([C@H](C)CO)C[C@@H]1C. The van der Waals surface area contributed by atoms with Gasteiger partial charge in [-0.05, 0) is 30.7 Å². The van der Waals surface area contributed by atoms with Crippen LogP contribution >= 0.6 is 0 Å². The molecule has 0 saturated carbocycles. The number of likely N-dealkylation sites (N-methyl/N-ethyl adjacent to an activating group) is 1. The van der Waals surface area contributed by atoms with Crippen molar-refractivity contribution in [2.24, 2.45) is 5.92 Å². The van der Waals surface area contributed by atoms with Crippen LogP contribution in [0.3, 0.4) is 0 Å². The van der Waals surface area contributed by atoms with Crippen LogP contribution in [0.4, 0.5) is 0 Å². The zero-order valence-corrected chi connectivity index (χ0v) is 19.7. The molecule has 174 valence electrons. The van der Waals surface area contributed by atoms with Gasteiger partial charge in [0.1, 0.15) is 16.7 Å². The number of fused-ring (bicyclic) bond motifs is 1. The largest absolute Gasteiger partial charge is 0.487 e. The van der Waals surface area contributed by atoms with E-state index in [1.54, 1.807) is 50.3 Å². The molecule has 1 aliphatic heterocycles. The van der Waals surface area contributed by atoms with E-state index in [9.17, 15) is 18.3 Å². The predicted molar refractivity (Wildman–Crippen MR) is 122 cm³/mol. The van der Waals surface area contributed by atoms with Gasteiger partial charge < -0.3 is 14.7 Å². The maximum Gasteiger partial charge on any atom is 0.247 e. The molecular weight excluding hydrogens is 430 g/mol. The summed E-state index contributed by atoms with van der Waals surface area (Å²) in [5.74, 6) is -0.00290. The fourth-order valence-electron chi connectivity index (χ4n) is 3.80. The summed E-state index contributed by atoms with van der Waals surface area (Å²) in [6.45, 7) is 5.58. The van der Waals surface area contributed by atoms with Gasteiger partial charge in [-0.2, -0.15) is 4.31 Å². The van der Waals surface area contributed by atoms with Gasteiger partial charge in [-0.3, -0.25) is 9.78 Å². The third-order valence-electron chi connectivity index (χ3n) is 5.84. The minimum absolute atomic E-state index is 0.0135. The van der Waals surface area contributed by atoms with Gasteiger partial charge in [0, 0.05) is 49.9 Å². The number of aliphatic hydroxyl groups excluding tert-OH is 1. The predicted octanol–water partition coefficient (Wildman–Crippen LogP) is 2.39. The maximum atomic E-state index is 13.5. The van der Waals surface area contributed by atoms with Crippen molar-refractivity contribution in [3.8, 4) is 16.9 Å². The summed E-state index contributed by atoms with van der Waals surface area (Å²) in [4.78, 5) is 18.0. The van der Waals surface area contributed by atoms with Crippen molar-refractivity contribution in [3.05, 3.63) is 42.7 Å². The number of aromatic nitrogens is 1. The Morgan fingerprint density at radius 1 is 1.34 bits per heavy atom. The normalized spacial score (nSPS) is 21.5. The molecule has 2 aromatic rings. The molecule has 1 aromatic heterocycles. The van der Waals surface area contributed by atoms with Gasteiger partial charge >= 0.3 is 0 Å². The second-order valence-electron chi connectivity index (χ2n) is 8.27. The summed E-state index contributed by atoms with van der Waals surface area (Å²) >= 11 is 0. The van der Waals surface area contributed by atoms with Crippen molar-refractivity contribution in [2.45, 2.75) is 44.2 Å². The van der Waals surface area contributed by atoms with Gasteiger partial charge in [0.15, 0.2) is 0 Å². The molecule has 2 heterocycles. The molecule has 0 spiro atoms. The Labute approximate surface area is 189 Å². The average Bonchev–Trinajstić information content (AvgIpc) is 2.80. The van der Waals surface area contributed by atoms with Crippen LogP contribution in [0.2, 0.25) is 0 Å². The van der Waals surface area contributed by atoms with E-state index in [1.165, 1.54) is 10.4 Å². The van der Waals surface area contributed by atoms with Gasteiger partial charge in [0.05, 0.1) is 13.2 Å². The molecule has 1 amide bonds. The van der Waals surface area contributed by atoms with E-state index in [4.69, 9.17) is 4.74 Å². The lowest BCUT2D eigenvalue weighted by Gasteiger charge is -2.37. The Kier molecular flexibility index (Phi) is 7.53. The van der Waals surface area contributed by atoms with Gasteiger partial charge in [-0.25, -0.2) is 8.42 Å². The number of sulfonamides is 1. The quantitative estimate of drug-likeness (QED) is 0.709. The Hall–Kier alpha value is -2.49. The first-order valence-corrected chi connectivity index (χ1v) is 12.2. The molecule has 1 N–H and O–H groups in total. The summed E-state index contributed by atoms with van der Waals surface area (Å²) in [5.41, 5.74) is 1.61. The summed E-state index contributed by atoms with van der Waals surface area (Å²) in [5, 5.41) is 9.73.